The van der Waals surface area contributed by atoms with Crippen LogP contribution in [0, 0.1) is 6.92 Å². The van der Waals surface area contributed by atoms with E-state index in [-0.39, 0.29) is 6.04 Å². The van der Waals surface area contributed by atoms with Crippen LogP contribution in [0.4, 0.5) is 17.1 Å². The van der Waals surface area contributed by atoms with Gasteiger partial charge in [0.15, 0.2) is 0 Å². The maximum Gasteiger partial charge on any atom is 0.0831 e. The summed E-state index contributed by atoms with van der Waals surface area (Å²) in [6, 6.07) is 35.6. The number of para-hydroxylation sites is 1. The van der Waals surface area contributed by atoms with Gasteiger partial charge < -0.3 is 5.32 Å². The highest BCUT2D eigenvalue weighted by molar-refractivity contribution is 6.31. The van der Waals surface area contributed by atoms with E-state index >= 15 is 0 Å². The molecule has 36 heavy (non-hydrogen) atoms. The summed E-state index contributed by atoms with van der Waals surface area (Å²) in [6.07, 6.45) is 2.65. The first-order chi connectivity index (χ1) is 17.6. The molecule has 1 N–H and O–H groups in total. The Bertz CT molecular complexity index is 1540. The Morgan fingerprint density at radius 1 is 0.861 bits per heavy atom. The molecular weight excluding hydrogens is 464 g/mol. The maximum atomic E-state index is 6.14. The average Bonchev–Trinajstić information content (AvgIpc) is 3.36. The zero-order chi connectivity index (χ0) is 24.5. The van der Waals surface area contributed by atoms with E-state index in [0.29, 0.717) is 5.02 Å². The fourth-order valence-corrected chi connectivity index (χ4v) is 4.85. The molecule has 0 saturated heterocycles. The summed E-state index contributed by atoms with van der Waals surface area (Å²) in [6.45, 7) is 2.12. The third kappa shape index (κ3) is 4.43. The van der Waals surface area contributed by atoms with Gasteiger partial charge in [-0.2, -0.15) is 5.10 Å². The summed E-state index contributed by atoms with van der Waals surface area (Å²) >= 11 is 6.14. The van der Waals surface area contributed by atoms with Gasteiger partial charge in [0.1, 0.15) is 0 Å². The Hall–Kier alpha value is -4.15. The number of hydrogen-bond donors (Lipinski definition) is 1. The summed E-state index contributed by atoms with van der Waals surface area (Å²) in [5.41, 5.74) is 8.71. The first-order valence-electron chi connectivity index (χ1n) is 12.0. The van der Waals surface area contributed by atoms with Crippen LogP contribution in [0.15, 0.2) is 114 Å². The highest BCUT2D eigenvalue weighted by Gasteiger charge is 2.29. The third-order valence-corrected chi connectivity index (χ3v) is 6.83. The molecule has 5 heteroatoms. The number of hydrazone groups is 1. The quantitative estimate of drug-likeness (QED) is 0.270. The fourth-order valence-electron chi connectivity index (χ4n) is 4.68. The van der Waals surface area contributed by atoms with Crippen LogP contribution in [-0.2, 0) is 0 Å². The monoisotopic (exact) mass is 488 g/mol. The Kier molecular flexibility index (Phi) is 5.88. The molecule has 1 aliphatic rings. The van der Waals surface area contributed by atoms with E-state index < -0.39 is 0 Å². The van der Waals surface area contributed by atoms with Crippen LogP contribution in [0.25, 0.3) is 10.9 Å². The zero-order valence-corrected chi connectivity index (χ0v) is 20.7. The summed E-state index contributed by atoms with van der Waals surface area (Å²) in [5, 5.41) is 12.5. The summed E-state index contributed by atoms with van der Waals surface area (Å²) in [7, 11) is 0. The lowest BCUT2D eigenvalue weighted by atomic mass is 9.97. The van der Waals surface area contributed by atoms with Crippen molar-refractivity contribution >= 4 is 45.3 Å². The fraction of sp³-hybridized carbons (Fsp3) is 0.0968. The molecule has 1 atom stereocenters. The first kappa shape index (κ1) is 22.3. The van der Waals surface area contributed by atoms with Crippen LogP contribution in [0.5, 0.6) is 0 Å². The van der Waals surface area contributed by atoms with Crippen molar-refractivity contribution in [2.45, 2.75) is 19.4 Å². The van der Waals surface area contributed by atoms with E-state index in [4.69, 9.17) is 16.7 Å². The van der Waals surface area contributed by atoms with Crippen molar-refractivity contribution in [3.63, 3.8) is 0 Å². The van der Waals surface area contributed by atoms with Crippen LogP contribution in [0.2, 0.25) is 5.02 Å². The maximum absolute atomic E-state index is 6.14. The molecule has 1 aliphatic heterocycles. The van der Waals surface area contributed by atoms with Gasteiger partial charge >= 0.3 is 0 Å². The summed E-state index contributed by atoms with van der Waals surface area (Å²) < 4.78 is 0. The van der Waals surface area contributed by atoms with Crippen molar-refractivity contribution in [3.8, 4) is 0 Å². The minimum Gasteiger partial charge on any atom is -0.355 e. The van der Waals surface area contributed by atoms with E-state index in [0.717, 1.165) is 45.7 Å². The van der Waals surface area contributed by atoms with Crippen LogP contribution in [0.1, 0.15) is 29.2 Å². The lowest BCUT2D eigenvalue weighted by molar-refractivity contribution is 0.709. The van der Waals surface area contributed by atoms with E-state index in [9.17, 15) is 0 Å². The molecule has 0 bridgehead atoms. The minimum atomic E-state index is 0.163. The molecule has 0 fully saturated rings. The van der Waals surface area contributed by atoms with Gasteiger partial charge in [0.25, 0.3) is 0 Å². The van der Waals surface area contributed by atoms with Gasteiger partial charge in [0.2, 0.25) is 0 Å². The lowest BCUT2D eigenvalue weighted by Crippen LogP contribution is -2.18. The number of aromatic nitrogens is 1. The number of benzene rings is 4. The predicted molar refractivity (Wildman–Crippen MR) is 150 cm³/mol. The smallest absolute Gasteiger partial charge is 0.0831 e. The molecule has 5 aromatic rings. The van der Waals surface area contributed by atoms with Crippen molar-refractivity contribution in [2.24, 2.45) is 5.10 Å². The topological polar surface area (TPSA) is 40.5 Å². The Morgan fingerprint density at radius 2 is 1.64 bits per heavy atom. The number of anilines is 3. The van der Waals surface area contributed by atoms with E-state index in [1.807, 2.05) is 30.3 Å². The van der Waals surface area contributed by atoms with Gasteiger partial charge in [-0.25, -0.2) is 0 Å². The van der Waals surface area contributed by atoms with Crippen molar-refractivity contribution in [1.82, 2.24) is 4.98 Å². The second-order valence-corrected chi connectivity index (χ2v) is 9.52. The Morgan fingerprint density at radius 3 is 2.42 bits per heavy atom. The Balaban J connectivity index is 1.28. The highest BCUT2D eigenvalue weighted by atomic mass is 35.5. The van der Waals surface area contributed by atoms with Crippen molar-refractivity contribution in [1.29, 1.82) is 0 Å². The van der Waals surface area contributed by atoms with Gasteiger partial charge in [-0.3, -0.25) is 9.99 Å². The predicted octanol–water partition coefficient (Wildman–Crippen LogP) is 8.30. The molecule has 0 spiro atoms. The number of aryl methyl sites for hydroxylation is 1. The van der Waals surface area contributed by atoms with Gasteiger partial charge in [0.05, 0.1) is 23.0 Å². The SMILES string of the molecule is Cc1ccc(C2CC(c3ccc(Nc4ccnc5cc(Cl)ccc45)cc3)=NN2c2ccccc2)cc1. The molecule has 4 aromatic carbocycles. The van der Waals surface area contributed by atoms with Crippen LogP contribution in [-0.4, -0.2) is 10.7 Å². The van der Waals surface area contributed by atoms with Crippen molar-refractivity contribution in [3.05, 3.63) is 131 Å². The summed E-state index contributed by atoms with van der Waals surface area (Å²) in [4.78, 5) is 4.43. The van der Waals surface area contributed by atoms with E-state index in [2.05, 4.69) is 95.0 Å². The molecule has 0 saturated carbocycles. The second kappa shape index (κ2) is 9.48. The molecule has 0 radical (unpaired) electrons. The molecule has 176 valence electrons. The lowest BCUT2D eigenvalue weighted by Gasteiger charge is -2.24. The summed E-state index contributed by atoms with van der Waals surface area (Å²) in [5.74, 6) is 0. The first-order valence-corrected chi connectivity index (χ1v) is 12.4. The van der Waals surface area contributed by atoms with Gasteiger partial charge in [-0.05, 0) is 66.6 Å². The molecule has 0 aliphatic carbocycles. The highest BCUT2D eigenvalue weighted by Crippen LogP contribution is 2.37. The number of pyridine rings is 1. The average molecular weight is 489 g/mol. The molecule has 4 nitrogen and oxygen atoms in total. The standard InChI is InChI=1S/C31H25ClN4/c1-21-7-9-23(10-8-21)31-20-29(35-36(31)26-5-3-2-4-6-26)22-11-14-25(15-12-22)34-28-17-18-33-30-19-24(32)13-16-27(28)30/h2-19,31H,20H2,1H3,(H,33,34). The molecule has 1 aromatic heterocycles. The normalized spacial score (nSPS) is 15.2. The Labute approximate surface area is 215 Å². The van der Waals surface area contributed by atoms with E-state index in [1.165, 1.54) is 11.1 Å². The zero-order valence-electron chi connectivity index (χ0n) is 19.9. The van der Waals surface area contributed by atoms with Gasteiger partial charge in [0, 0.05) is 34.4 Å². The van der Waals surface area contributed by atoms with Crippen LogP contribution < -0.4 is 10.3 Å². The second-order valence-electron chi connectivity index (χ2n) is 9.08. The largest absolute Gasteiger partial charge is 0.355 e. The van der Waals surface area contributed by atoms with Gasteiger partial charge in [-0.1, -0.05) is 71.8 Å². The van der Waals surface area contributed by atoms with Crippen LogP contribution in [0.3, 0.4) is 0 Å². The van der Waals surface area contributed by atoms with E-state index in [1.54, 1.807) is 6.20 Å². The van der Waals surface area contributed by atoms with Crippen molar-refractivity contribution in [2.75, 3.05) is 10.3 Å². The molecular formula is C31H25ClN4. The number of fused-ring (bicyclic) bond motifs is 1. The third-order valence-electron chi connectivity index (χ3n) is 6.60. The molecule has 1 unspecified atom stereocenters. The number of nitrogens with one attached hydrogen (secondary N) is 1. The molecule has 0 amide bonds. The molecule has 2 heterocycles. The minimum absolute atomic E-state index is 0.163. The molecule has 6 rings (SSSR count). The van der Waals surface area contributed by atoms with Gasteiger partial charge in [-0.15, -0.1) is 0 Å². The number of rotatable bonds is 5. The number of halogens is 1. The van der Waals surface area contributed by atoms with Crippen molar-refractivity contribution < 1.29 is 0 Å². The van der Waals surface area contributed by atoms with Crippen LogP contribution >= 0.6 is 11.6 Å². The number of nitrogens with zero attached hydrogens (tertiary/aromatic N) is 3. The number of hydrogen-bond acceptors (Lipinski definition) is 4.